The van der Waals surface area contributed by atoms with Crippen LogP contribution in [0.5, 0.6) is 5.75 Å². The standard InChI is InChI=1S/C27H31N3O3/c1-2-3-4-5-11-19-33-25-17-10-9-15-23(25)20-28-29-26(31)24-16-12-18-30(27(24)32)21-22-13-7-6-8-14-22/h6-10,12-18,20H,2-5,11,19,21H2,1H3,(H,29,31)/b28-20-. The van der Waals surface area contributed by atoms with Gasteiger partial charge in [-0.3, -0.25) is 9.59 Å². The Labute approximate surface area is 194 Å². The van der Waals surface area contributed by atoms with Gasteiger partial charge in [0.05, 0.1) is 19.4 Å². The molecular weight excluding hydrogens is 414 g/mol. The number of carbonyl (C=O) groups excluding carboxylic acids is 1. The van der Waals surface area contributed by atoms with Crippen molar-refractivity contribution in [2.75, 3.05) is 6.61 Å². The number of para-hydroxylation sites is 1. The average molecular weight is 446 g/mol. The highest BCUT2D eigenvalue weighted by molar-refractivity contribution is 5.94. The van der Waals surface area contributed by atoms with E-state index >= 15 is 0 Å². The molecule has 0 radical (unpaired) electrons. The van der Waals surface area contributed by atoms with E-state index in [1.165, 1.54) is 36.1 Å². The fraction of sp³-hybridized carbons (Fsp3) is 0.296. The normalized spacial score (nSPS) is 10.9. The van der Waals surface area contributed by atoms with Gasteiger partial charge in [0.25, 0.3) is 11.5 Å². The van der Waals surface area contributed by atoms with E-state index in [-0.39, 0.29) is 11.1 Å². The minimum absolute atomic E-state index is 0.0437. The summed E-state index contributed by atoms with van der Waals surface area (Å²) in [7, 11) is 0. The van der Waals surface area contributed by atoms with E-state index in [4.69, 9.17) is 4.74 Å². The molecule has 0 bridgehead atoms. The molecule has 0 spiro atoms. The van der Waals surface area contributed by atoms with E-state index < -0.39 is 5.91 Å². The zero-order chi connectivity index (χ0) is 23.3. The van der Waals surface area contributed by atoms with Gasteiger partial charge in [-0.2, -0.15) is 5.10 Å². The molecule has 1 heterocycles. The summed E-state index contributed by atoms with van der Waals surface area (Å²) >= 11 is 0. The molecule has 33 heavy (non-hydrogen) atoms. The van der Waals surface area contributed by atoms with Crippen molar-refractivity contribution in [2.45, 2.75) is 45.6 Å². The lowest BCUT2D eigenvalue weighted by molar-refractivity contribution is 0.0953. The van der Waals surface area contributed by atoms with Crippen LogP contribution in [0.3, 0.4) is 0 Å². The van der Waals surface area contributed by atoms with Crippen LogP contribution in [-0.4, -0.2) is 23.3 Å². The SMILES string of the molecule is CCCCCCCOc1ccccc1/C=N\NC(=O)c1cccn(Cc2ccccc2)c1=O. The van der Waals surface area contributed by atoms with Crippen molar-refractivity contribution in [3.8, 4) is 5.75 Å². The molecule has 0 saturated carbocycles. The molecule has 172 valence electrons. The second-order valence-corrected chi connectivity index (χ2v) is 7.84. The number of hydrogen-bond acceptors (Lipinski definition) is 4. The first-order chi connectivity index (χ1) is 16.2. The number of benzene rings is 2. The van der Waals surface area contributed by atoms with E-state index in [2.05, 4.69) is 17.5 Å². The zero-order valence-corrected chi connectivity index (χ0v) is 19.1. The van der Waals surface area contributed by atoms with E-state index in [9.17, 15) is 9.59 Å². The summed E-state index contributed by atoms with van der Waals surface area (Å²) in [6.45, 7) is 3.24. The number of aromatic nitrogens is 1. The van der Waals surface area contributed by atoms with Gasteiger partial charge in [0, 0.05) is 11.8 Å². The quantitative estimate of drug-likeness (QED) is 0.242. The summed E-state index contributed by atoms with van der Waals surface area (Å²) in [6.07, 6.45) is 9.06. The zero-order valence-electron chi connectivity index (χ0n) is 19.1. The molecule has 0 fully saturated rings. The maximum Gasteiger partial charge on any atom is 0.276 e. The third kappa shape index (κ3) is 7.45. The molecule has 0 saturated heterocycles. The largest absolute Gasteiger partial charge is 0.493 e. The van der Waals surface area contributed by atoms with Gasteiger partial charge < -0.3 is 9.30 Å². The van der Waals surface area contributed by atoms with Crippen LogP contribution in [0.15, 0.2) is 82.8 Å². The second kappa shape index (κ2) is 13.0. The Hall–Kier alpha value is -3.67. The summed E-state index contributed by atoms with van der Waals surface area (Å²) in [5.74, 6) is 0.170. The number of ether oxygens (including phenoxy) is 1. The maximum absolute atomic E-state index is 12.7. The molecule has 3 rings (SSSR count). The van der Waals surface area contributed by atoms with Crippen LogP contribution in [0, 0.1) is 0 Å². The lowest BCUT2D eigenvalue weighted by Crippen LogP contribution is -2.30. The van der Waals surface area contributed by atoms with Crippen LogP contribution in [0.1, 0.15) is 60.5 Å². The summed E-state index contributed by atoms with van der Waals surface area (Å²) in [6, 6.07) is 20.4. The topological polar surface area (TPSA) is 72.7 Å². The number of nitrogens with zero attached hydrogens (tertiary/aromatic N) is 2. The minimum atomic E-state index is -0.548. The van der Waals surface area contributed by atoms with Gasteiger partial charge in [-0.05, 0) is 36.2 Å². The van der Waals surface area contributed by atoms with Crippen LogP contribution >= 0.6 is 0 Å². The molecule has 1 N–H and O–H groups in total. The number of carbonyl (C=O) groups is 1. The van der Waals surface area contributed by atoms with Gasteiger partial charge >= 0.3 is 0 Å². The fourth-order valence-electron chi connectivity index (χ4n) is 3.44. The number of hydrogen-bond donors (Lipinski definition) is 1. The first-order valence-corrected chi connectivity index (χ1v) is 11.5. The molecule has 6 heteroatoms. The van der Waals surface area contributed by atoms with Gasteiger partial charge in [0.15, 0.2) is 0 Å². The van der Waals surface area contributed by atoms with Crippen LogP contribution in [-0.2, 0) is 6.54 Å². The Bertz CT molecular complexity index is 1110. The number of unbranched alkanes of at least 4 members (excludes halogenated alkanes) is 4. The Balaban J connectivity index is 1.59. The third-order valence-electron chi connectivity index (χ3n) is 5.25. The van der Waals surface area contributed by atoms with Crippen LogP contribution < -0.4 is 15.7 Å². The molecule has 0 unspecified atom stereocenters. The Morgan fingerprint density at radius 3 is 2.55 bits per heavy atom. The smallest absolute Gasteiger partial charge is 0.276 e. The highest BCUT2D eigenvalue weighted by Crippen LogP contribution is 2.16. The van der Waals surface area contributed by atoms with E-state index in [1.54, 1.807) is 12.3 Å². The van der Waals surface area contributed by atoms with Crippen molar-refractivity contribution in [1.29, 1.82) is 0 Å². The van der Waals surface area contributed by atoms with E-state index in [0.717, 1.165) is 29.7 Å². The molecule has 0 atom stereocenters. The molecule has 0 aliphatic heterocycles. The summed E-state index contributed by atoms with van der Waals surface area (Å²) in [4.78, 5) is 25.3. The first kappa shape index (κ1) is 24.0. The highest BCUT2D eigenvalue weighted by Gasteiger charge is 2.12. The summed E-state index contributed by atoms with van der Waals surface area (Å²) in [5, 5.41) is 4.05. The highest BCUT2D eigenvalue weighted by atomic mass is 16.5. The maximum atomic E-state index is 12.7. The van der Waals surface area contributed by atoms with Crippen molar-refractivity contribution in [3.63, 3.8) is 0 Å². The molecule has 1 amide bonds. The van der Waals surface area contributed by atoms with Gasteiger partial charge in [-0.25, -0.2) is 5.43 Å². The van der Waals surface area contributed by atoms with E-state index in [0.29, 0.717) is 13.2 Å². The Morgan fingerprint density at radius 1 is 0.970 bits per heavy atom. The summed E-state index contributed by atoms with van der Waals surface area (Å²) < 4.78 is 7.41. The number of pyridine rings is 1. The third-order valence-corrected chi connectivity index (χ3v) is 5.25. The molecule has 0 aliphatic rings. The predicted octanol–water partition coefficient (Wildman–Crippen LogP) is 5.01. The first-order valence-electron chi connectivity index (χ1n) is 11.5. The number of hydrazone groups is 1. The van der Waals surface area contributed by atoms with Crippen LogP contribution in [0.4, 0.5) is 0 Å². The average Bonchev–Trinajstić information content (AvgIpc) is 2.84. The van der Waals surface area contributed by atoms with Crippen molar-refractivity contribution in [3.05, 3.63) is 100.0 Å². The van der Waals surface area contributed by atoms with Crippen LogP contribution in [0.25, 0.3) is 0 Å². The minimum Gasteiger partial charge on any atom is -0.493 e. The van der Waals surface area contributed by atoms with Crippen molar-refractivity contribution in [1.82, 2.24) is 9.99 Å². The monoisotopic (exact) mass is 445 g/mol. The lowest BCUT2D eigenvalue weighted by Gasteiger charge is -2.09. The molecule has 0 aliphatic carbocycles. The number of nitrogens with one attached hydrogen (secondary N) is 1. The van der Waals surface area contributed by atoms with Gasteiger partial charge in [-0.15, -0.1) is 0 Å². The molecule has 2 aromatic carbocycles. The van der Waals surface area contributed by atoms with Crippen molar-refractivity contribution < 1.29 is 9.53 Å². The van der Waals surface area contributed by atoms with E-state index in [1.807, 2.05) is 54.6 Å². The Morgan fingerprint density at radius 2 is 1.73 bits per heavy atom. The summed E-state index contributed by atoms with van der Waals surface area (Å²) in [5.41, 5.74) is 3.89. The molecular formula is C27H31N3O3. The van der Waals surface area contributed by atoms with Crippen LogP contribution in [0.2, 0.25) is 0 Å². The molecule has 1 aromatic heterocycles. The lowest BCUT2D eigenvalue weighted by atomic mass is 10.2. The number of rotatable bonds is 12. The van der Waals surface area contributed by atoms with Gasteiger partial charge in [0.2, 0.25) is 0 Å². The van der Waals surface area contributed by atoms with Crippen molar-refractivity contribution in [2.24, 2.45) is 5.10 Å². The predicted molar refractivity (Wildman–Crippen MR) is 132 cm³/mol. The Kier molecular flexibility index (Phi) is 9.45. The van der Waals surface area contributed by atoms with Gasteiger partial charge in [-0.1, -0.05) is 75.1 Å². The number of amides is 1. The fourth-order valence-corrected chi connectivity index (χ4v) is 3.44. The molecule has 3 aromatic rings. The molecule has 6 nitrogen and oxygen atoms in total. The van der Waals surface area contributed by atoms with Crippen molar-refractivity contribution >= 4 is 12.1 Å². The van der Waals surface area contributed by atoms with Gasteiger partial charge in [0.1, 0.15) is 11.3 Å². The second-order valence-electron chi connectivity index (χ2n) is 7.84.